The van der Waals surface area contributed by atoms with Gasteiger partial charge in [-0.15, -0.1) is 0 Å². The maximum Gasteiger partial charge on any atom is 0.380 e. The normalized spacial score (nSPS) is 11.1. The third-order valence-electron chi connectivity index (χ3n) is 1.44. The average molecular weight is 233 g/mol. The van der Waals surface area contributed by atoms with Crippen LogP contribution in [0.4, 0.5) is 0 Å². The van der Waals surface area contributed by atoms with Gasteiger partial charge in [0.2, 0.25) is 0 Å². The molecule has 0 spiro atoms. The molecular formula is C8H11NO5S. The SMILES string of the molecule is CCOc1cc(OS(N)(=O)=O)ccc1O. The lowest BCUT2D eigenvalue weighted by molar-refractivity contribution is 0.317. The van der Waals surface area contributed by atoms with Crippen LogP contribution in [0.25, 0.3) is 0 Å². The van der Waals surface area contributed by atoms with Crippen LogP contribution in [-0.2, 0) is 10.3 Å². The molecule has 1 rings (SSSR count). The monoisotopic (exact) mass is 233 g/mol. The number of hydrogen-bond acceptors (Lipinski definition) is 5. The lowest BCUT2D eigenvalue weighted by Crippen LogP contribution is -2.18. The first-order valence-corrected chi connectivity index (χ1v) is 5.57. The third kappa shape index (κ3) is 3.64. The van der Waals surface area contributed by atoms with E-state index in [2.05, 4.69) is 9.32 Å². The number of aromatic hydroxyl groups is 1. The smallest absolute Gasteiger partial charge is 0.380 e. The van der Waals surface area contributed by atoms with Crippen molar-refractivity contribution in [3.8, 4) is 17.2 Å². The highest BCUT2D eigenvalue weighted by molar-refractivity contribution is 7.84. The summed E-state index contributed by atoms with van der Waals surface area (Å²) in [5.41, 5.74) is 0. The standard InChI is InChI=1S/C8H11NO5S/c1-2-13-8-5-6(3-4-7(8)10)14-15(9,11)12/h3-5,10H,2H2,1H3,(H2,9,11,12). The van der Waals surface area contributed by atoms with Gasteiger partial charge in [-0.25, -0.2) is 0 Å². The van der Waals surface area contributed by atoms with E-state index < -0.39 is 10.3 Å². The van der Waals surface area contributed by atoms with E-state index in [0.717, 1.165) is 0 Å². The predicted molar refractivity (Wildman–Crippen MR) is 53.0 cm³/mol. The molecule has 0 saturated carbocycles. The fourth-order valence-corrected chi connectivity index (χ4v) is 1.32. The molecule has 6 nitrogen and oxygen atoms in total. The van der Waals surface area contributed by atoms with E-state index in [4.69, 9.17) is 4.74 Å². The first-order chi connectivity index (χ1) is 6.92. The predicted octanol–water partition coefficient (Wildman–Crippen LogP) is 0.373. The van der Waals surface area contributed by atoms with Crippen LogP contribution in [-0.4, -0.2) is 20.1 Å². The van der Waals surface area contributed by atoms with Crippen molar-refractivity contribution in [3.63, 3.8) is 0 Å². The van der Waals surface area contributed by atoms with Crippen molar-refractivity contribution in [1.29, 1.82) is 0 Å². The molecule has 0 amide bonds. The summed E-state index contributed by atoms with van der Waals surface area (Å²) >= 11 is 0. The van der Waals surface area contributed by atoms with Gasteiger partial charge in [-0.1, -0.05) is 0 Å². The Balaban J connectivity index is 2.97. The van der Waals surface area contributed by atoms with Gasteiger partial charge in [0, 0.05) is 6.07 Å². The number of benzene rings is 1. The molecule has 84 valence electrons. The van der Waals surface area contributed by atoms with E-state index >= 15 is 0 Å². The molecule has 1 aromatic carbocycles. The molecule has 0 aliphatic rings. The summed E-state index contributed by atoms with van der Waals surface area (Å²) in [6.45, 7) is 2.07. The zero-order valence-electron chi connectivity index (χ0n) is 8.00. The highest BCUT2D eigenvalue weighted by Crippen LogP contribution is 2.30. The molecule has 0 aromatic heterocycles. The largest absolute Gasteiger partial charge is 0.504 e. The Morgan fingerprint density at radius 3 is 2.67 bits per heavy atom. The van der Waals surface area contributed by atoms with Crippen LogP contribution in [0, 0.1) is 0 Å². The van der Waals surface area contributed by atoms with Gasteiger partial charge in [0.15, 0.2) is 11.5 Å². The summed E-state index contributed by atoms with van der Waals surface area (Å²) in [5, 5.41) is 14.0. The van der Waals surface area contributed by atoms with Crippen LogP contribution in [0.5, 0.6) is 17.2 Å². The van der Waals surface area contributed by atoms with Crippen LogP contribution in [0.2, 0.25) is 0 Å². The molecule has 1 aromatic rings. The van der Waals surface area contributed by atoms with Gasteiger partial charge in [-0.05, 0) is 19.1 Å². The van der Waals surface area contributed by atoms with E-state index in [0.29, 0.717) is 6.61 Å². The average Bonchev–Trinajstić information content (AvgIpc) is 2.09. The van der Waals surface area contributed by atoms with E-state index in [9.17, 15) is 13.5 Å². The van der Waals surface area contributed by atoms with Gasteiger partial charge in [-0.3, -0.25) is 0 Å². The Hall–Kier alpha value is -1.47. The first-order valence-electron chi connectivity index (χ1n) is 4.10. The van der Waals surface area contributed by atoms with Gasteiger partial charge < -0.3 is 14.0 Å². The van der Waals surface area contributed by atoms with Crippen molar-refractivity contribution in [2.45, 2.75) is 6.92 Å². The maximum atomic E-state index is 10.6. The highest BCUT2D eigenvalue weighted by atomic mass is 32.2. The van der Waals surface area contributed by atoms with Gasteiger partial charge in [-0.2, -0.15) is 13.6 Å². The zero-order chi connectivity index (χ0) is 11.5. The third-order valence-corrected chi connectivity index (χ3v) is 1.87. The summed E-state index contributed by atoms with van der Waals surface area (Å²) < 4.78 is 30.6. The van der Waals surface area contributed by atoms with E-state index in [1.165, 1.54) is 18.2 Å². The van der Waals surface area contributed by atoms with Crippen molar-refractivity contribution in [2.24, 2.45) is 5.14 Å². The molecule has 0 aliphatic heterocycles. The van der Waals surface area contributed by atoms with Crippen LogP contribution in [0.3, 0.4) is 0 Å². The quantitative estimate of drug-likeness (QED) is 0.782. The van der Waals surface area contributed by atoms with E-state index in [-0.39, 0.29) is 17.2 Å². The zero-order valence-corrected chi connectivity index (χ0v) is 8.82. The fraction of sp³-hybridized carbons (Fsp3) is 0.250. The van der Waals surface area contributed by atoms with Crippen molar-refractivity contribution in [1.82, 2.24) is 0 Å². The summed E-state index contributed by atoms with van der Waals surface area (Å²) in [6, 6.07) is 3.76. The van der Waals surface area contributed by atoms with Crippen molar-refractivity contribution < 1.29 is 22.4 Å². The molecular weight excluding hydrogens is 222 g/mol. The van der Waals surface area contributed by atoms with Crippen molar-refractivity contribution >= 4 is 10.3 Å². The molecule has 0 saturated heterocycles. The van der Waals surface area contributed by atoms with Gasteiger partial charge >= 0.3 is 10.3 Å². The number of phenols is 1. The minimum Gasteiger partial charge on any atom is -0.504 e. The van der Waals surface area contributed by atoms with E-state index in [1.807, 2.05) is 0 Å². The number of ether oxygens (including phenoxy) is 1. The fourth-order valence-electron chi connectivity index (χ4n) is 0.952. The molecule has 15 heavy (non-hydrogen) atoms. The Morgan fingerprint density at radius 2 is 2.13 bits per heavy atom. The Kier molecular flexibility index (Phi) is 3.38. The lowest BCUT2D eigenvalue weighted by atomic mass is 10.3. The second kappa shape index (κ2) is 4.37. The number of nitrogens with two attached hydrogens (primary N) is 1. The molecule has 0 heterocycles. The number of rotatable bonds is 4. The summed E-state index contributed by atoms with van der Waals surface area (Å²) in [6.07, 6.45) is 0. The Bertz CT molecular complexity index is 442. The number of phenolic OH excluding ortho intramolecular Hbond substituents is 1. The number of hydrogen-bond donors (Lipinski definition) is 2. The van der Waals surface area contributed by atoms with Crippen LogP contribution >= 0.6 is 0 Å². The van der Waals surface area contributed by atoms with E-state index in [1.54, 1.807) is 6.92 Å². The van der Waals surface area contributed by atoms with Crippen LogP contribution in [0.1, 0.15) is 6.92 Å². The topological polar surface area (TPSA) is 98.9 Å². The minimum absolute atomic E-state index is 0.0150. The summed E-state index contributed by atoms with van der Waals surface area (Å²) in [7, 11) is -4.06. The van der Waals surface area contributed by atoms with Crippen molar-refractivity contribution in [2.75, 3.05) is 6.61 Å². The lowest BCUT2D eigenvalue weighted by Gasteiger charge is -2.07. The van der Waals surface area contributed by atoms with Gasteiger partial charge in [0.25, 0.3) is 0 Å². The van der Waals surface area contributed by atoms with Gasteiger partial charge in [0.05, 0.1) is 6.61 Å². The van der Waals surface area contributed by atoms with Crippen LogP contribution in [0.15, 0.2) is 18.2 Å². The molecule has 3 N–H and O–H groups in total. The van der Waals surface area contributed by atoms with Crippen molar-refractivity contribution in [3.05, 3.63) is 18.2 Å². The molecule has 0 atom stereocenters. The summed E-state index contributed by atoms with van der Waals surface area (Å²) in [4.78, 5) is 0. The molecule has 0 aliphatic carbocycles. The minimum atomic E-state index is -4.06. The molecule has 0 bridgehead atoms. The molecule has 0 fully saturated rings. The van der Waals surface area contributed by atoms with Crippen LogP contribution < -0.4 is 14.1 Å². The first kappa shape index (κ1) is 11.6. The maximum absolute atomic E-state index is 10.6. The second-order valence-corrected chi connectivity index (χ2v) is 3.79. The Morgan fingerprint density at radius 1 is 1.47 bits per heavy atom. The highest BCUT2D eigenvalue weighted by Gasteiger charge is 2.08. The Labute approximate surface area is 87.5 Å². The molecule has 0 radical (unpaired) electrons. The van der Waals surface area contributed by atoms with Gasteiger partial charge in [0.1, 0.15) is 5.75 Å². The molecule has 7 heteroatoms. The summed E-state index contributed by atoms with van der Waals surface area (Å²) in [5.74, 6) is 0.0241. The molecule has 0 unspecified atom stereocenters. The second-order valence-electron chi connectivity index (χ2n) is 2.64.